The number of para-hydroxylation sites is 1. The molecule has 2 rings (SSSR count). The summed E-state index contributed by atoms with van der Waals surface area (Å²) in [5.74, 6) is 0. The number of rotatable bonds is 6. The van der Waals surface area contributed by atoms with Crippen molar-refractivity contribution in [3.05, 3.63) is 35.5 Å². The van der Waals surface area contributed by atoms with Crippen LogP contribution in [0.15, 0.2) is 24.3 Å². The van der Waals surface area contributed by atoms with Gasteiger partial charge < -0.3 is 10.3 Å². The van der Waals surface area contributed by atoms with Gasteiger partial charge in [0.1, 0.15) is 0 Å². The Morgan fingerprint density at radius 2 is 1.94 bits per heavy atom. The van der Waals surface area contributed by atoms with E-state index in [1.165, 1.54) is 30.2 Å². The van der Waals surface area contributed by atoms with Crippen LogP contribution in [0.5, 0.6) is 0 Å². The van der Waals surface area contributed by atoms with Crippen molar-refractivity contribution >= 4 is 10.9 Å². The Hall–Kier alpha value is -1.28. The Labute approximate surface area is 110 Å². The largest absolute Gasteiger partial charge is 0.358 e. The van der Waals surface area contributed by atoms with Crippen LogP contribution in [0.3, 0.4) is 0 Å². The van der Waals surface area contributed by atoms with Crippen molar-refractivity contribution in [2.45, 2.75) is 46.1 Å². The third-order valence-corrected chi connectivity index (χ3v) is 3.67. The fourth-order valence-corrected chi connectivity index (χ4v) is 2.87. The van der Waals surface area contributed by atoms with Crippen LogP contribution in [0.1, 0.15) is 37.9 Å². The van der Waals surface area contributed by atoms with Crippen molar-refractivity contribution in [1.29, 1.82) is 0 Å². The zero-order valence-electron chi connectivity index (χ0n) is 11.7. The second-order valence-corrected chi connectivity index (χ2v) is 4.90. The molecule has 0 spiro atoms. The van der Waals surface area contributed by atoms with Gasteiger partial charge in [-0.3, -0.25) is 0 Å². The summed E-state index contributed by atoms with van der Waals surface area (Å²) in [5, 5.41) is 1.45. The molecule has 0 amide bonds. The molecule has 0 saturated heterocycles. The van der Waals surface area contributed by atoms with Crippen molar-refractivity contribution < 1.29 is 5.73 Å². The standard InChI is InChI=1S/C16H24N2/c1-3-8-15-13(4-2)14-9-5-6-10-16(14)18(15)12-7-11-17/h5-6,9-10H,3-4,7-8,11-12,17H2,1-2H3/p+1. The van der Waals surface area contributed by atoms with Crippen LogP contribution in [0.2, 0.25) is 0 Å². The molecule has 98 valence electrons. The quantitative estimate of drug-likeness (QED) is 0.812. The summed E-state index contributed by atoms with van der Waals surface area (Å²) in [5.41, 5.74) is 8.48. The summed E-state index contributed by atoms with van der Waals surface area (Å²) in [6, 6.07) is 8.84. The van der Waals surface area contributed by atoms with Crippen LogP contribution in [0, 0.1) is 0 Å². The average molecular weight is 245 g/mol. The normalized spacial score (nSPS) is 11.3. The molecule has 1 aromatic carbocycles. The van der Waals surface area contributed by atoms with E-state index in [9.17, 15) is 0 Å². The summed E-state index contributed by atoms with van der Waals surface area (Å²) in [4.78, 5) is 0. The maximum Gasteiger partial charge on any atom is 0.0757 e. The lowest BCUT2D eigenvalue weighted by molar-refractivity contribution is -0.368. The molecule has 0 fully saturated rings. The van der Waals surface area contributed by atoms with Gasteiger partial charge in [0.15, 0.2) is 0 Å². The first-order chi connectivity index (χ1) is 8.83. The monoisotopic (exact) mass is 245 g/mol. The molecule has 0 unspecified atom stereocenters. The van der Waals surface area contributed by atoms with E-state index in [1.807, 2.05) is 0 Å². The molecule has 0 atom stereocenters. The summed E-state index contributed by atoms with van der Waals surface area (Å²) >= 11 is 0. The molecule has 0 aliphatic carbocycles. The molecule has 0 aliphatic rings. The molecular formula is C16H25N2+. The molecule has 2 aromatic rings. The maximum absolute atomic E-state index is 3.97. The Bertz CT molecular complexity index is 511. The topological polar surface area (TPSA) is 32.6 Å². The van der Waals surface area contributed by atoms with Crippen molar-refractivity contribution in [2.75, 3.05) is 6.54 Å². The number of fused-ring (bicyclic) bond motifs is 1. The molecule has 0 saturated carbocycles. The number of aryl methyl sites for hydroxylation is 2. The molecule has 1 heterocycles. The van der Waals surface area contributed by atoms with Gasteiger partial charge in [0.2, 0.25) is 0 Å². The van der Waals surface area contributed by atoms with Crippen molar-refractivity contribution in [3.8, 4) is 0 Å². The second-order valence-electron chi connectivity index (χ2n) is 4.90. The number of quaternary nitrogens is 1. The van der Waals surface area contributed by atoms with E-state index in [2.05, 4.69) is 48.4 Å². The second kappa shape index (κ2) is 6.05. The smallest absolute Gasteiger partial charge is 0.0757 e. The molecule has 0 bridgehead atoms. The molecule has 18 heavy (non-hydrogen) atoms. The third-order valence-electron chi connectivity index (χ3n) is 3.67. The lowest BCUT2D eigenvalue weighted by Crippen LogP contribution is -2.50. The van der Waals surface area contributed by atoms with Crippen molar-refractivity contribution in [2.24, 2.45) is 0 Å². The minimum atomic E-state index is 1.01. The fourth-order valence-electron chi connectivity index (χ4n) is 2.87. The Kier molecular flexibility index (Phi) is 4.43. The molecular weight excluding hydrogens is 220 g/mol. The summed E-state index contributed by atoms with van der Waals surface area (Å²) in [6.45, 7) is 6.66. The first kappa shape index (κ1) is 13.2. The number of benzene rings is 1. The Morgan fingerprint density at radius 3 is 2.61 bits per heavy atom. The highest BCUT2D eigenvalue weighted by Gasteiger charge is 2.14. The molecule has 0 aliphatic heterocycles. The lowest BCUT2D eigenvalue weighted by Gasteiger charge is -2.10. The molecule has 2 heteroatoms. The van der Waals surface area contributed by atoms with E-state index in [0.29, 0.717) is 0 Å². The highest BCUT2D eigenvalue weighted by atomic mass is 15.0. The predicted octanol–water partition coefficient (Wildman–Crippen LogP) is 2.79. The van der Waals surface area contributed by atoms with Crippen LogP contribution >= 0.6 is 0 Å². The number of hydrogen-bond acceptors (Lipinski definition) is 0. The van der Waals surface area contributed by atoms with E-state index >= 15 is 0 Å². The summed E-state index contributed by atoms with van der Waals surface area (Å²) in [6.07, 6.45) is 4.70. The van der Waals surface area contributed by atoms with Gasteiger partial charge in [-0.1, -0.05) is 38.5 Å². The van der Waals surface area contributed by atoms with E-state index in [-0.39, 0.29) is 0 Å². The van der Waals surface area contributed by atoms with Crippen LogP contribution in [0.25, 0.3) is 10.9 Å². The van der Waals surface area contributed by atoms with Gasteiger partial charge in [-0.05, 0) is 24.5 Å². The van der Waals surface area contributed by atoms with Gasteiger partial charge in [-0.15, -0.1) is 0 Å². The predicted molar refractivity (Wildman–Crippen MR) is 77.7 cm³/mol. The summed E-state index contributed by atoms with van der Waals surface area (Å²) < 4.78 is 2.53. The number of nitrogens with zero attached hydrogens (tertiary/aromatic N) is 1. The van der Waals surface area contributed by atoms with Gasteiger partial charge in [0.05, 0.1) is 6.54 Å². The van der Waals surface area contributed by atoms with Gasteiger partial charge in [-0.25, -0.2) is 0 Å². The van der Waals surface area contributed by atoms with E-state index < -0.39 is 0 Å². The maximum atomic E-state index is 3.97. The lowest BCUT2D eigenvalue weighted by atomic mass is 10.1. The van der Waals surface area contributed by atoms with Crippen molar-refractivity contribution in [1.82, 2.24) is 4.57 Å². The average Bonchev–Trinajstić information content (AvgIpc) is 2.70. The molecule has 0 radical (unpaired) electrons. The zero-order valence-corrected chi connectivity index (χ0v) is 11.7. The van der Waals surface area contributed by atoms with E-state index in [0.717, 1.165) is 19.5 Å². The van der Waals surface area contributed by atoms with Crippen LogP contribution in [-0.2, 0) is 19.4 Å². The minimum Gasteiger partial charge on any atom is -0.358 e. The first-order valence-corrected chi connectivity index (χ1v) is 7.21. The van der Waals surface area contributed by atoms with Gasteiger partial charge in [0.25, 0.3) is 0 Å². The Balaban J connectivity index is 2.58. The van der Waals surface area contributed by atoms with E-state index in [1.54, 1.807) is 11.3 Å². The van der Waals surface area contributed by atoms with Crippen molar-refractivity contribution in [3.63, 3.8) is 0 Å². The number of hydrogen-bond donors (Lipinski definition) is 1. The van der Waals surface area contributed by atoms with Gasteiger partial charge in [-0.2, -0.15) is 0 Å². The highest BCUT2D eigenvalue weighted by molar-refractivity contribution is 5.85. The molecule has 3 N–H and O–H groups in total. The van der Waals surface area contributed by atoms with Gasteiger partial charge in [0, 0.05) is 29.6 Å². The zero-order chi connectivity index (χ0) is 13.0. The van der Waals surface area contributed by atoms with Gasteiger partial charge >= 0.3 is 0 Å². The Morgan fingerprint density at radius 1 is 1.17 bits per heavy atom. The molecule has 2 nitrogen and oxygen atoms in total. The highest BCUT2D eigenvalue weighted by Crippen LogP contribution is 2.28. The summed E-state index contributed by atoms with van der Waals surface area (Å²) in [7, 11) is 0. The van der Waals surface area contributed by atoms with E-state index in [4.69, 9.17) is 0 Å². The fraction of sp³-hybridized carbons (Fsp3) is 0.500. The minimum absolute atomic E-state index is 1.01. The van der Waals surface area contributed by atoms with Crippen LogP contribution in [0.4, 0.5) is 0 Å². The van der Waals surface area contributed by atoms with Crippen LogP contribution in [-0.4, -0.2) is 11.1 Å². The first-order valence-electron chi connectivity index (χ1n) is 7.21. The SMILES string of the molecule is CCCc1c(CC)c2ccccc2n1CCC[NH3+]. The van der Waals surface area contributed by atoms with Crippen LogP contribution < -0.4 is 5.73 Å². The third kappa shape index (κ3) is 2.30. The molecule has 1 aromatic heterocycles. The number of aromatic nitrogens is 1.